The predicted octanol–water partition coefficient (Wildman–Crippen LogP) is 1.47. The maximum atomic E-state index is 12.1. The van der Waals surface area contributed by atoms with Gasteiger partial charge in [0.2, 0.25) is 5.91 Å². The minimum Gasteiger partial charge on any atom is -0.450 e. The van der Waals surface area contributed by atoms with Crippen LogP contribution in [-0.4, -0.2) is 75.2 Å². The highest BCUT2D eigenvalue weighted by molar-refractivity contribution is 5.92. The average Bonchev–Trinajstić information content (AvgIpc) is 2.56. The second-order valence-electron chi connectivity index (χ2n) is 5.95. The lowest BCUT2D eigenvalue weighted by molar-refractivity contribution is -0.117. The van der Waals surface area contributed by atoms with E-state index in [0.29, 0.717) is 39.3 Å². The highest BCUT2D eigenvalue weighted by Gasteiger charge is 2.23. The summed E-state index contributed by atoms with van der Waals surface area (Å²) in [6, 6.07) is 7.72. The number of rotatable bonds is 5. The summed E-state index contributed by atoms with van der Waals surface area (Å²) in [5.74, 6) is -0.0443. The smallest absolute Gasteiger partial charge is 0.409 e. The molecule has 1 saturated heterocycles. The van der Waals surface area contributed by atoms with Crippen LogP contribution in [0.4, 0.5) is 16.2 Å². The van der Waals surface area contributed by atoms with E-state index in [-0.39, 0.29) is 12.0 Å². The number of amides is 2. The van der Waals surface area contributed by atoms with Gasteiger partial charge in [0.15, 0.2) is 0 Å². The first-order valence-electron chi connectivity index (χ1n) is 8.21. The number of benzene rings is 1. The van der Waals surface area contributed by atoms with Crippen LogP contribution in [0.25, 0.3) is 0 Å². The first kappa shape index (κ1) is 18.1. The lowest BCUT2D eigenvalue weighted by atomic mass is 10.2. The van der Waals surface area contributed by atoms with Gasteiger partial charge in [0.25, 0.3) is 0 Å². The number of nitrogens with one attached hydrogen (secondary N) is 1. The molecule has 1 fully saturated rings. The molecule has 7 nitrogen and oxygen atoms in total. The Bertz CT molecular complexity index is 551. The zero-order chi connectivity index (χ0) is 17.5. The molecule has 0 saturated carbocycles. The van der Waals surface area contributed by atoms with Crippen molar-refractivity contribution in [2.45, 2.75) is 6.92 Å². The largest absolute Gasteiger partial charge is 0.450 e. The van der Waals surface area contributed by atoms with Crippen molar-refractivity contribution in [3.8, 4) is 0 Å². The van der Waals surface area contributed by atoms with Gasteiger partial charge in [-0.25, -0.2) is 4.79 Å². The summed E-state index contributed by atoms with van der Waals surface area (Å²) < 4.78 is 4.99. The SMILES string of the molecule is CCOC(=O)N1CCN(CC(=O)Nc2ccc(N(C)C)cc2)CC1. The third kappa shape index (κ3) is 5.13. The third-order valence-electron chi connectivity index (χ3n) is 3.93. The molecule has 1 aliphatic heterocycles. The van der Waals surface area contributed by atoms with Gasteiger partial charge in [-0.2, -0.15) is 0 Å². The fourth-order valence-electron chi connectivity index (χ4n) is 2.55. The van der Waals surface area contributed by atoms with Crippen LogP contribution >= 0.6 is 0 Å². The summed E-state index contributed by atoms with van der Waals surface area (Å²) >= 11 is 0. The van der Waals surface area contributed by atoms with E-state index in [9.17, 15) is 9.59 Å². The minimum absolute atomic E-state index is 0.0443. The van der Waals surface area contributed by atoms with Gasteiger partial charge in [-0.15, -0.1) is 0 Å². The van der Waals surface area contributed by atoms with E-state index in [0.717, 1.165) is 11.4 Å². The van der Waals surface area contributed by atoms with Gasteiger partial charge < -0.3 is 19.9 Å². The number of hydrogen-bond acceptors (Lipinski definition) is 5. The Morgan fingerprint density at radius 1 is 1.12 bits per heavy atom. The van der Waals surface area contributed by atoms with Crippen molar-refractivity contribution in [1.29, 1.82) is 0 Å². The number of anilines is 2. The van der Waals surface area contributed by atoms with E-state index in [1.807, 2.05) is 48.2 Å². The van der Waals surface area contributed by atoms with Crippen LogP contribution in [0, 0.1) is 0 Å². The Hall–Kier alpha value is -2.28. The Kier molecular flexibility index (Phi) is 6.43. The van der Waals surface area contributed by atoms with Crippen molar-refractivity contribution in [3.05, 3.63) is 24.3 Å². The van der Waals surface area contributed by atoms with E-state index in [1.165, 1.54) is 0 Å². The van der Waals surface area contributed by atoms with Crippen LogP contribution in [0.5, 0.6) is 0 Å². The second kappa shape index (κ2) is 8.54. The fraction of sp³-hybridized carbons (Fsp3) is 0.529. The predicted molar refractivity (Wildman–Crippen MR) is 94.4 cm³/mol. The first-order chi connectivity index (χ1) is 11.5. The molecule has 1 aromatic rings. The molecule has 1 heterocycles. The number of nitrogens with zero attached hydrogens (tertiary/aromatic N) is 3. The highest BCUT2D eigenvalue weighted by Crippen LogP contribution is 2.15. The van der Waals surface area contributed by atoms with E-state index < -0.39 is 0 Å². The monoisotopic (exact) mass is 334 g/mol. The van der Waals surface area contributed by atoms with E-state index >= 15 is 0 Å². The van der Waals surface area contributed by atoms with Crippen LogP contribution < -0.4 is 10.2 Å². The van der Waals surface area contributed by atoms with Crippen LogP contribution in [0.1, 0.15) is 6.92 Å². The van der Waals surface area contributed by atoms with E-state index in [2.05, 4.69) is 5.32 Å². The molecular formula is C17H26N4O3. The summed E-state index contributed by atoms with van der Waals surface area (Å²) in [5.41, 5.74) is 1.87. The number of carbonyl (C=O) groups is 2. The van der Waals surface area contributed by atoms with Gasteiger partial charge in [-0.3, -0.25) is 9.69 Å². The maximum absolute atomic E-state index is 12.1. The number of carbonyl (C=O) groups excluding carboxylic acids is 2. The molecule has 0 unspecified atom stereocenters. The van der Waals surface area contributed by atoms with Crippen LogP contribution in [0.2, 0.25) is 0 Å². The van der Waals surface area contributed by atoms with Crippen molar-refractivity contribution < 1.29 is 14.3 Å². The molecule has 132 valence electrons. The molecule has 1 N–H and O–H groups in total. The van der Waals surface area contributed by atoms with E-state index in [4.69, 9.17) is 4.74 Å². The maximum Gasteiger partial charge on any atom is 0.409 e. The molecule has 2 amide bonds. The van der Waals surface area contributed by atoms with Crippen LogP contribution in [0.15, 0.2) is 24.3 Å². The quantitative estimate of drug-likeness (QED) is 0.883. The second-order valence-corrected chi connectivity index (χ2v) is 5.95. The molecular weight excluding hydrogens is 308 g/mol. The summed E-state index contributed by atoms with van der Waals surface area (Å²) in [4.78, 5) is 29.5. The van der Waals surface area contributed by atoms with Crippen molar-refractivity contribution in [2.24, 2.45) is 0 Å². The van der Waals surface area contributed by atoms with Crippen molar-refractivity contribution in [3.63, 3.8) is 0 Å². The third-order valence-corrected chi connectivity index (χ3v) is 3.93. The molecule has 1 aliphatic rings. The molecule has 0 atom stereocenters. The van der Waals surface area contributed by atoms with Gasteiger partial charge in [0, 0.05) is 51.6 Å². The number of piperazine rings is 1. The molecule has 0 aromatic heterocycles. The lowest BCUT2D eigenvalue weighted by Gasteiger charge is -2.33. The Labute approximate surface area is 143 Å². The molecule has 24 heavy (non-hydrogen) atoms. The molecule has 0 spiro atoms. The molecule has 7 heteroatoms. The zero-order valence-corrected chi connectivity index (χ0v) is 14.6. The van der Waals surface area contributed by atoms with Crippen LogP contribution in [0.3, 0.4) is 0 Å². The number of ether oxygens (including phenoxy) is 1. The average molecular weight is 334 g/mol. The topological polar surface area (TPSA) is 65.1 Å². The van der Waals surface area contributed by atoms with Gasteiger partial charge in [-0.1, -0.05) is 0 Å². The summed E-state index contributed by atoms with van der Waals surface area (Å²) in [7, 11) is 3.95. The fourth-order valence-corrected chi connectivity index (χ4v) is 2.55. The summed E-state index contributed by atoms with van der Waals surface area (Å²) in [6.07, 6.45) is -0.275. The normalized spacial score (nSPS) is 15.0. The summed E-state index contributed by atoms with van der Waals surface area (Å²) in [5, 5.41) is 2.91. The van der Waals surface area contributed by atoms with Crippen molar-refractivity contribution in [2.75, 3.05) is 63.6 Å². The molecule has 0 radical (unpaired) electrons. The Morgan fingerprint density at radius 2 is 1.75 bits per heavy atom. The summed E-state index contributed by atoms with van der Waals surface area (Å²) in [6.45, 7) is 5.02. The van der Waals surface area contributed by atoms with Crippen LogP contribution in [-0.2, 0) is 9.53 Å². The van der Waals surface area contributed by atoms with Gasteiger partial charge in [0.05, 0.1) is 13.2 Å². The number of hydrogen-bond donors (Lipinski definition) is 1. The van der Waals surface area contributed by atoms with Gasteiger partial charge in [-0.05, 0) is 31.2 Å². The molecule has 0 aliphatic carbocycles. The van der Waals surface area contributed by atoms with E-state index in [1.54, 1.807) is 11.8 Å². The molecule has 0 bridgehead atoms. The standard InChI is InChI=1S/C17H26N4O3/c1-4-24-17(23)21-11-9-20(10-12-21)13-16(22)18-14-5-7-15(8-6-14)19(2)3/h5-8H,4,9-13H2,1-3H3,(H,18,22). The highest BCUT2D eigenvalue weighted by atomic mass is 16.6. The van der Waals surface area contributed by atoms with Gasteiger partial charge in [0.1, 0.15) is 0 Å². The zero-order valence-electron chi connectivity index (χ0n) is 14.6. The molecule has 2 rings (SSSR count). The first-order valence-corrected chi connectivity index (χ1v) is 8.21. The Morgan fingerprint density at radius 3 is 2.29 bits per heavy atom. The van der Waals surface area contributed by atoms with Crippen molar-refractivity contribution in [1.82, 2.24) is 9.80 Å². The lowest BCUT2D eigenvalue weighted by Crippen LogP contribution is -2.50. The van der Waals surface area contributed by atoms with Gasteiger partial charge >= 0.3 is 6.09 Å². The van der Waals surface area contributed by atoms with Crippen molar-refractivity contribution >= 4 is 23.4 Å². The minimum atomic E-state index is -0.275. The Balaban J connectivity index is 1.76. The molecule has 1 aromatic carbocycles.